The van der Waals surface area contributed by atoms with Crippen LogP contribution in [0.1, 0.15) is 58.2 Å². The topological polar surface area (TPSA) is 12.5 Å². The Morgan fingerprint density at radius 3 is 1.62 bits per heavy atom. The van der Waals surface area contributed by atoms with Crippen LogP contribution in [-0.4, -0.2) is 24.2 Å². The number of rotatable bonds is 1. The molecule has 0 amide bonds. The van der Waals surface area contributed by atoms with E-state index in [2.05, 4.69) is 60.6 Å². The van der Waals surface area contributed by atoms with Crippen molar-refractivity contribution >= 4 is 17.4 Å². The lowest BCUT2D eigenvalue weighted by atomic mass is 9.78. The second-order valence-electron chi connectivity index (χ2n) is 7.95. The van der Waals surface area contributed by atoms with Crippen molar-refractivity contribution in [1.82, 2.24) is 4.90 Å². The number of hydrogen-bond donors (Lipinski definition) is 0. The molecule has 118 valence electrons. The van der Waals surface area contributed by atoms with Gasteiger partial charge in [0.1, 0.15) is 5.75 Å². The van der Waals surface area contributed by atoms with Gasteiger partial charge in [0.2, 0.25) is 0 Å². The quantitative estimate of drug-likeness (QED) is 0.691. The molecule has 3 heteroatoms. The molecule has 1 aromatic rings. The Bertz CT molecular complexity index is 498. The maximum absolute atomic E-state index is 6.10. The third-order valence-electron chi connectivity index (χ3n) is 3.40. The van der Waals surface area contributed by atoms with E-state index in [-0.39, 0.29) is 10.8 Å². The van der Waals surface area contributed by atoms with E-state index in [9.17, 15) is 0 Å². The van der Waals surface area contributed by atoms with Crippen molar-refractivity contribution in [1.29, 1.82) is 0 Å². The first kappa shape index (κ1) is 18.0. The molecule has 0 aliphatic heterocycles. The molecule has 1 rings (SSSR count). The third-order valence-corrected chi connectivity index (χ3v) is 3.85. The second kappa shape index (κ2) is 5.96. The van der Waals surface area contributed by atoms with Crippen LogP contribution in [0.2, 0.25) is 0 Å². The molecule has 0 saturated heterocycles. The van der Waals surface area contributed by atoms with E-state index in [1.807, 2.05) is 19.0 Å². The zero-order valence-corrected chi connectivity index (χ0v) is 15.7. The van der Waals surface area contributed by atoms with Crippen molar-refractivity contribution in [2.45, 2.75) is 59.3 Å². The summed E-state index contributed by atoms with van der Waals surface area (Å²) < 4.78 is 6.10. The summed E-state index contributed by atoms with van der Waals surface area (Å²) in [6, 6.07) is 4.42. The molecule has 0 atom stereocenters. The van der Waals surface area contributed by atoms with Crippen molar-refractivity contribution in [2.24, 2.45) is 0 Å². The lowest BCUT2D eigenvalue weighted by Gasteiger charge is -2.31. The average molecular weight is 308 g/mol. The predicted molar refractivity (Wildman–Crippen MR) is 95.5 cm³/mol. The van der Waals surface area contributed by atoms with Gasteiger partial charge in [-0.25, -0.2) is 0 Å². The normalized spacial score (nSPS) is 12.2. The molecule has 2 nitrogen and oxygen atoms in total. The van der Waals surface area contributed by atoms with E-state index >= 15 is 0 Å². The Hall–Kier alpha value is -1.09. The lowest BCUT2D eigenvalue weighted by molar-refractivity contribution is 0.419. The Morgan fingerprint density at radius 2 is 1.33 bits per heavy atom. The van der Waals surface area contributed by atoms with Crippen molar-refractivity contribution < 1.29 is 4.74 Å². The van der Waals surface area contributed by atoms with E-state index in [4.69, 9.17) is 17.0 Å². The van der Waals surface area contributed by atoms with Crippen LogP contribution >= 0.6 is 12.2 Å². The maximum atomic E-state index is 6.10. The summed E-state index contributed by atoms with van der Waals surface area (Å²) in [4.78, 5) is 1.83. The van der Waals surface area contributed by atoms with Gasteiger partial charge in [-0.1, -0.05) is 59.2 Å². The highest BCUT2D eigenvalue weighted by Gasteiger charge is 2.28. The number of thiocarbonyl (C=S) groups is 1. The van der Waals surface area contributed by atoms with E-state index < -0.39 is 0 Å². The predicted octanol–water partition coefficient (Wildman–Crippen LogP) is 4.82. The molecule has 0 aliphatic carbocycles. The van der Waals surface area contributed by atoms with E-state index in [0.717, 1.165) is 5.75 Å². The fourth-order valence-corrected chi connectivity index (χ4v) is 2.26. The molecule has 0 radical (unpaired) electrons. The SMILES string of the molecule is Cc1cc(C(C)(C)C)c(OC(=S)N(C)C)c(C(C)(C)C)c1. The van der Waals surface area contributed by atoms with Crippen LogP contribution in [0.15, 0.2) is 12.1 Å². The number of benzene rings is 1. The zero-order chi connectivity index (χ0) is 16.6. The largest absolute Gasteiger partial charge is 0.431 e. The van der Waals surface area contributed by atoms with Gasteiger partial charge in [-0.05, 0) is 30.0 Å². The fourth-order valence-electron chi connectivity index (χ4n) is 2.18. The molecule has 0 aromatic heterocycles. The summed E-state index contributed by atoms with van der Waals surface area (Å²) >= 11 is 5.36. The Balaban J connectivity index is 3.58. The van der Waals surface area contributed by atoms with E-state index in [0.29, 0.717) is 5.17 Å². The van der Waals surface area contributed by atoms with Gasteiger partial charge in [0.25, 0.3) is 5.17 Å². The first-order valence-electron chi connectivity index (χ1n) is 7.39. The highest BCUT2D eigenvalue weighted by atomic mass is 32.1. The number of nitrogens with zero attached hydrogens (tertiary/aromatic N) is 1. The minimum atomic E-state index is 0.00325. The minimum Gasteiger partial charge on any atom is -0.431 e. The van der Waals surface area contributed by atoms with Gasteiger partial charge in [-0.2, -0.15) is 0 Å². The monoisotopic (exact) mass is 307 g/mol. The molecular weight excluding hydrogens is 278 g/mol. The van der Waals surface area contributed by atoms with Gasteiger partial charge >= 0.3 is 0 Å². The van der Waals surface area contributed by atoms with Crippen LogP contribution in [0, 0.1) is 6.92 Å². The lowest BCUT2D eigenvalue weighted by Crippen LogP contribution is -2.28. The Kier molecular flexibility index (Phi) is 5.09. The number of ether oxygens (including phenoxy) is 1. The van der Waals surface area contributed by atoms with Crippen LogP contribution in [0.25, 0.3) is 0 Å². The summed E-state index contributed by atoms with van der Waals surface area (Å²) in [5, 5.41) is 0.495. The summed E-state index contributed by atoms with van der Waals surface area (Å²) in [6.45, 7) is 15.4. The summed E-state index contributed by atoms with van der Waals surface area (Å²) in [6.07, 6.45) is 0. The zero-order valence-electron chi connectivity index (χ0n) is 14.9. The van der Waals surface area contributed by atoms with Crippen LogP contribution in [0.3, 0.4) is 0 Å². The first-order valence-corrected chi connectivity index (χ1v) is 7.79. The number of aryl methyl sites for hydroxylation is 1. The van der Waals surface area contributed by atoms with Crippen molar-refractivity contribution in [3.63, 3.8) is 0 Å². The standard InChI is InChI=1S/C18H29NOS/c1-12-10-13(17(2,3)4)15(20-16(21)19(8)9)14(11-12)18(5,6)7/h10-11H,1-9H3. The molecule has 0 fully saturated rings. The van der Waals surface area contributed by atoms with Gasteiger partial charge in [0.15, 0.2) is 0 Å². The summed E-state index contributed by atoms with van der Waals surface area (Å²) in [5.41, 5.74) is 3.67. The highest BCUT2D eigenvalue weighted by molar-refractivity contribution is 7.80. The Labute approximate surface area is 135 Å². The smallest absolute Gasteiger partial charge is 0.264 e. The van der Waals surface area contributed by atoms with Crippen LogP contribution < -0.4 is 4.74 Å². The van der Waals surface area contributed by atoms with Crippen LogP contribution in [0.4, 0.5) is 0 Å². The van der Waals surface area contributed by atoms with Crippen molar-refractivity contribution in [3.05, 3.63) is 28.8 Å². The summed E-state index contributed by atoms with van der Waals surface area (Å²) in [5.74, 6) is 0.916. The molecule has 0 unspecified atom stereocenters. The fraction of sp³-hybridized carbons (Fsp3) is 0.611. The Morgan fingerprint density at radius 1 is 0.952 bits per heavy atom. The van der Waals surface area contributed by atoms with E-state index in [1.54, 1.807) is 0 Å². The third kappa shape index (κ3) is 4.44. The first-order chi connectivity index (χ1) is 9.34. The molecule has 0 spiro atoms. The van der Waals surface area contributed by atoms with Crippen molar-refractivity contribution in [3.8, 4) is 5.75 Å². The molecule has 0 bridgehead atoms. The van der Waals surface area contributed by atoms with Gasteiger partial charge in [-0.3, -0.25) is 0 Å². The molecule has 21 heavy (non-hydrogen) atoms. The van der Waals surface area contributed by atoms with E-state index in [1.165, 1.54) is 16.7 Å². The molecule has 1 aromatic carbocycles. The highest BCUT2D eigenvalue weighted by Crippen LogP contribution is 2.40. The van der Waals surface area contributed by atoms with Crippen LogP contribution in [0.5, 0.6) is 5.75 Å². The number of hydrogen-bond acceptors (Lipinski definition) is 2. The van der Waals surface area contributed by atoms with Gasteiger partial charge in [0.05, 0.1) is 0 Å². The van der Waals surface area contributed by atoms with Gasteiger partial charge in [0, 0.05) is 25.2 Å². The molecule has 0 aliphatic rings. The van der Waals surface area contributed by atoms with Crippen LogP contribution in [-0.2, 0) is 10.8 Å². The molecule has 0 heterocycles. The maximum Gasteiger partial charge on any atom is 0.264 e. The van der Waals surface area contributed by atoms with Gasteiger partial charge < -0.3 is 9.64 Å². The molecular formula is C18H29NOS. The van der Waals surface area contributed by atoms with Gasteiger partial charge in [-0.15, -0.1) is 0 Å². The minimum absolute atomic E-state index is 0.00325. The molecule has 0 saturated carbocycles. The molecule has 0 N–H and O–H groups in total. The van der Waals surface area contributed by atoms with Crippen molar-refractivity contribution in [2.75, 3.05) is 14.1 Å². The average Bonchev–Trinajstić information content (AvgIpc) is 2.27. The second-order valence-corrected chi connectivity index (χ2v) is 8.30. The summed E-state index contributed by atoms with van der Waals surface area (Å²) in [7, 11) is 3.81.